The molecule has 2 fully saturated rings. The molecule has 2 bridgehead atoms. The molecule has 0 amide bonds. The Bertz CT molecular complexity index is 658. The number of aromatic nitrogens is 1. The van der Waals surface area contributed by atoms with Gasteiger partial charge in [-0.2, -0.15) is 8.42 Å². The second kappa shape index (κ2) is 5.39. The van der Waals surface area contributed by atoms with Gasteiger partial charge in [0, 0.05) is 24.0 Å². The molecule has 22 heavy (non-hydrogen) atoms. The largest absolute Gasteiger partial charge is 0.293 e. The van der Waals surface area contributed by atoms with Crippen LogP contribution in [-0.4, -0.2) is 31.8 Å². The highest BCUT2D eigenvalue weighted by Gasteiger charge is 2.53. The molecule has 7 nitrogen and oxygen atoms in total. The van der Waals surface area contributed by atoms with Crippen molar-refractivity contribution in [2.75, 3.05) is 5.75 Å². The zero-order valence-electron chi connectivity index (χ0n) is 11.8. The average Bonchev–Trinajstić information content (AvgIpc) is 3.18. The van der Waals surface area contributed by atoms with E-state index in [9.17, 15) is 8.42 Å². The van der Waals surface area contributed by atoms with Crippen LogP contribution in [0.5, 0.6) is 0 Å². The highest BCUT2D eigenvalue weighted by molar-refractivity contribution is 7.86. The van der Waals surface area contributed by atoms with E-state index < -0.39 is 10.1 Å². The van der Waals surface area contributed by atoms with Crippen LogP contribution in [0.25, 0.3) is 0 Å². The van der Waals surface area contributed by atoms with E-state index in [1.54, 1.807) is 17.0 Å². The molecule has 2 heterocycles. The first-order chi connectivity index (χ1) is 10.6. The van der Waals surface area contributed by atoms with Gasteiger partial charge in [0.1, 0.15) is 18.0 Å². The Hall–Kier alpha value is -1.32. The minimum absolute atomic E-state index is 0.145. The van der Waals surface area contributed by atoms with Crippen LogP contribution in [0.15, 0.2) is 42.7 Å². The molecule has 3 aliphatic rings. The van der Waals surface area contributed by atoms with Crippen LogP contribution in [0, 0.1) is 11.8 Å². The fraction of sp³-hybridized carbons (Fsp3) is 0.500. The van der Waals surface area contributed by atoms with Gasteiger partial charge < -0.3 is 0 Å². The maximum absolute atomic E-state index is 12.0. The molecule has 1 aromatic rings. The number of hydrogen-bond acceptors (Lipinski definition) is 6. The zero-order valence-corrected chi connectivity index (χ0v) is 12.6. The Balaban J connectivity index is 1.33. The van der Waals surface area contributed by atoms with E-state index in [1.807, 2.05) is 18.2 Å². The van der Waals surface area contributed by atoms with Crippen LogP contribution in [0.3, 0.4) is 0 Å². The highest BCUT2D eigenvalue weighted by Crippen LogP contribution is 2.46. The summed E-state index contributed by atoms with van der Waals surface area (Å²) in [6.45, 7) is 0.302. The number of fused-ring (bicyclic) bond motifs is 5. The van der Waals surface area contributed by atoms with Crippen molar-refractivity contribution in [3.05, 3.63) is 42.7 Å². The Labute approximate surface area is 128 Å². The monoisotopic (exact) mass is 325 g/mol. The molecule has 118 valence electrons. The second-order valence-corrected chi connectivity index (χ2v) is 7.43. The first-order valence-electron chi connectivity index (χ1n) is 7.29. The first kappa shape index (κ1) is 14.3. The van der Waals surface area contributed by atoms with Crippen molar-refractivity contribution >= 4 is 10.1 Å². The summed E-state index contributed by atoms with van der Waals surface area (Å²) in [5.74, 6) is 0.406. The van der Waals surface area contributed by atoms with Gasteiger partial charge in [0.2, 0.25) is 0 Å². The number of aryl methyl sites for hydroxylation is 1. The summed E-state index contributed by atoms with van der Waals surface area (Å²) < 4.78 is 30.7. The van der Waals surface area contributed by atoms with E-state index >= 15 is 0 Å². The van der Waals surface area contributed by atoms with E-state index in [2.05, 4.69) is 12.2 Å². The summed E-state index contributed by atoms with van der Waals surface area (Å²) in [6, 6.07) is 5.54. The molecule has 0 spiro atoms. The van der Waals surface area contributed by atoms with Crippen molar-refractivity contribution in [1.29, 1.82) is 0 Å². The van der Waals surface area contributed by atoms with E-state index in [0.717, 1.165) is 6.42 Å². The summed E-state index contributed by atoms with van der Waals surface area (Å²) in [5.41, 5.74) is 0. The third-order valence-electron chi connectivity index (χ3n) is 4.28. The normalized spacial score (nSPS) is 33.5. The van der Waals surface area contributed by atoms with E-state index in [-0.39, 0.29) is 29.8 Å². The second-order valence-electron chi connectivity index (χ2n) is 5.76. The van der Waals surface area contributed by atoms with E-state index in [1.165, 1.54) is 0 Å². The maximum atomic E-state index is 12.0. The Kier molecular flexibility index (Phi) is 3.50. The van der Waals surface area contributed by atoms with Gasteiger partial charge in [-0.25, -0.2) is 14.2 Å². The molecule has 1 saturated heterocycles. The SMILES string of the molecule is O=S(=O)(CC[n+]1ccccc1)ON1OC2C3C=CC(C3)C2O1. The van der Waals surface area contributed by atoms with Crippen LogP contribution in [0.4, 0.5) is 0 Å². The number of nitrogens with zero attached hydrogens (tertiary/aromatic N) is 2. The molecule has 0 radical (unpaired) electrons. The van der Waals surface area contributed by atoms with Crippen LogP contribution >= 0.6 is 0 Å². The van der Waals surface area contributed by atoms with Gasteiger partial charge in [-0.3, -0.25) is 0 Å². The van der Waals surface area contributed by atoms with Gasteiger partial charge in [-0.1, -0.05) is 18.2 Å². The standard InChI is InChI=1S/C14H17N2O5S/c17-22(18,9-8-15-6-2-1-3-7-15)21-16-19-13-11-4-5-12(10-11)14(13)20-16/h1-7,11-14H,8-10H2/q+1. The van der Waals surface area contributed by atoms with Gasteiger partial charge >= 0.3 is 0 Å². The van der Waals surface area contributed by atoms with Gasteiger partial charge in [-0.05, 0) is 6.42 Å². The summed E-state index contributed by atoms with van der Waals surface area (Å²) in [7, 11) is -3.77. The van der Waals surface area contributed by atoms with Crippen LogP contribution in [0.1, 0.15) is 6.42 Å². The maximum Gasteiger partial charge on any atom is 0.293 e. The first-order valence-corrected chi connectivity index (χ1v) is 8.87. The number of hydrogen-bond donors (Lipinski definition) is 0. The fourth-order valence-electron chi connectivity index (χ4n) is 3.20. The lowest BCUT2D eigenvalue weighted by Gasteiger charge is -2.14. The molecule has 4 atom stereocenters. The molecule has 1 saturated carbocycles. The van der Waals surface area contributed by atoms with E-state index in [4.69, 9.17) is 14.0 Å². The summed E-state index contributed by atoms with van der Waals surface area (Å²) in [4.78, 5) is 10.9. The molecule has 0 aromatic carbocycles. The number of pyridine rings is 1. The molecule has 2 aliphatic carbocycles. The lowest BCUT2D eigenvalue weighted by molar-refractivity contribution is -0.692. The number of rotatable bonds is 5. The Morgan fingerprint density at radius 2 is 1.73 bits per heavy atom. The molecule has 1 aromatic heterocycles. The van der Waals surface area contributed by atoms with Crippen molar-refractivity contribution in [2.24, 2.45) is 11.8 Å². The smallest absolute Gasteiger partial charge is 0.243 e. The van der Waals surface area contributed by atoms with Crippen LogP contribution in [-0.2, 0) is 30.6 Å². The van der Waals surface area contributed by atoms with Crippen molar-refractivity contribution in [2.45, 2.75) is 25.2 Å². The third kappa shape index (κ3) is 2.68. The van der Waals surface area contributed by atoms with Crippen molar-refractivity contribution in [1.82, 2.24) is 5.39 Å². The molecular weight excluding hydrogens is 308 g/mol. The molecule has 0 N–H and O–H groups in total. The molecule has 1 aliphatic heterocycles. The fourth-order valence-corrected chi connectivity index (χ4v) is 3.96. The molecule has 4 unspecified atom stereocenters. The Morgan fingerprint density at radius 3 is 2.36 bits per heavy atom. The summed E-state index contributed by atoms with van der Waals surface area (Å²) >= 11 is 0. The minimum atomic E-state index is -3.77. The van der Waals surface area contributed by atoms with Crippen LogP contribution < -0.4 is 4.57 Å². The average molecular weight is 325 g/mol. The predicted molar refractivity (Wildman–Crippen MR) is 73.8 cm³/mol. The van der Waals surface area contributed by atoms with Gasteiger partial charge in [0.15, 0.2) is 18.9 Å². The lowest BCUT2D eigenvalue weighted by atomic mass is 10.0. The highest BCUT2D eigenvalue weighted by atomic mass is 32.2. The van der Waals surface area contributed by atoms with Gasteiger partial charge in [0.05, 0.1) is 5.39 Å². The van der Waals surface area contributed by atoms with Crippen molar-refractivity contribution in [3.8, 4) is 0 Å². The quantitative estimate of drug-likeness (QED) is 0.575. The van der Waals surface area contributed by atoms with Crippen molar-refractivity contribution in [3.63, 3.8) is 0 Å². The van der Waals surface area contributed by atoms with Gasteiger partial charge in [0.25, 0.3) is 10.1 Å². The molecular formula is C14H17N2O5S+. The zero-order chi connectivity index (χ0) is 15.2. The molecule has 8 heteroatoms. The van der Waals surface area contributed by atoms with Crippen LogP contribution in [0.2, 0.25) is 0 Å². The summed E-state index contributed by atoms with van der Waals surface area (Å²) in [6.07, 6.45) is 8.50. The Morgan fingerprint density at radius 1 is 1.09 bits per heavy atom. The summed E-state index contributed by atoms with van der Waals surface area (Å²) in [5, 5.41) is 0.673. The topological polar surface area (TPSA) is 69.0 Å². The van der Waals surface area contributed by atoms with Crippen molar-refractivity contribution < 1.29 is 26.9 Å². The van der Waals surface area contributed by atoms with E-state index in [0.29, 0.717) is 11.9 Å². The molecule has 4 rings (SSSR count). The lowest BCUT2D eigenvalue weighted by Crippen LogP contribution is -2.37. The van der Waals surface area contributed by atoms with Gasteiger partial charge in [-0.15, -0.1) is 4.28 Å². The predicted octanol–water partition coefficient (Wildman–Crippen LogP) is 0.357. The third-order valence-corrected chi connectivity index (χ3v) is 5.32. The minimum Gasteiger partial charge on any atom is -0.243 e.